The van der Waals surface area contributed by atoms with Crippen molar-refractivity contribution < 1.29 is 4.79 Å². The highest BCUT2D eigenvalue weighted by atomic mass is 16.2. The van der Waals surface area contributed by atoms with Crippen molar-refractivity contribution in [1.82, 2.24) is 20.8 Å². The summed E-state index contributed by atoms with van der Waals surface area (Å²) in [5.41, 5.74) is 6.94. The summed E-state index contributed by atoms with van der Waals surface area (Å²) >= 11 is 0. The standard InChI is InChI=1S/C18H30N6O/c1-18(2,3)13-7-4-5-8-15(13)22-17(25)21-10-6-9-14-12(11-19)16(20)24-23-14/h13,15H,4-10H2,1-3H3,(H3,20,23,24)(H2,21,22,25)/t13-,15+/m0/s1. The van der Waals surface area contributed by atoms with E-state index >= 15 is 0 Å². The molecule has 1 aliphatic rings. The van der Waals surface area contributed by atoms with Gasteiger partial charge in [0.15, 0.2) is 5.82 Å². The Kier molecular flexibility index (Phi) is 6.29. The molecule has 0 spiro atoms. The molecule has 1 fully saturated rings. The number of carbonyl (C=O) groups is 1. The third kappa shape index (κ3) is 5.12. The van der Waals surface area contributed by atoms with Crippen LogP contribution in [0, 0.1) is 22.7 Å². The number of rotatable bonds is 5. The quantitative estimate of drug-likeness (QED) is 0.613. The van der Waals surface area contributed by atoms with Gasteiger partial charge in [0, 0.05) is 12.6 Å². The zero-order valence-electron chi connectivity index (χ0n) is 15.5. The summed E-state index contributed by atoms with van der Waals surface area (Å²) < 4.78 is 0. The van der Waals surface area contributed by atoms with Crippen LogP contribution >= 0.6 is 0 Å². The summed E-state index contributed by atoms with van der Waals surface area (Å²) in [5.74, 6) is 0.742. The van der Waals surface area contributed by atoms with E-state index in [4.69, 9.17) is 11.0 Å². The molecule has 138 valence electrons. The van der Waals surface area contributed by atoms with Gasteiger partial charge in [-0.05, 0) is 37.0 Å². The Morgan fingerprint density at radius 2 is 2.12 bits per heavy atom. The average Bonchev–Trinajstić information content (AvgIpc) is 2.91. The molecule has 0 bridgehead atoms. The number of nitrogens with zero attached hydrogens (tertiary/aromatic N) is 2. The first-order valence-electron chi connectivity index (χ1n) is 9.10. The maximum atomic E-state index is 12.2. The Balaban J connectivity index is 1.76. The first kappa shape index (κ1) is 19.1. The first-order valence-corrected chi connectivity index (χ1v) is 9.10. The van der Waals surface area contributed by atoms with Crippen LogP contribution in [0.25, 0.3) is 0 Å². The number of urea groups is 1. The van der Waals surface area contributed by atoms with Gasteiger partial charge in [0.2, 0.25) is 0 Å². The Hall–Kier alpha value is -2.23. The van der Waals surface area contributed by atoms with Crippen LogP contribution in [-0.4, -0.2) is 28.8 Å². The number of nitriles is 1. The number of hydrogen-bond donors (Lipinski definition) is 4. The van der Waals surface area contributed by atoms with Crippen molar-refractivity contribution in [3.8, 4) is 6.07 Å². The van der Waals surface area contributed by atoms with Gasteiger partial charge in [0.1, 0.15) is 11.6 Å². The van der Waals surface area contributed by atoms with Crippen molar-refractivity contribution in [2.75, 3.05) is 12.3 Å². The van der Waals surface area contributed by atoms with E-state index in [-0.39, 0.29) is 23.3 Å². The minimum Gasteiger partial charge on any atom is -0.381 e. The number of aryl methyl sites for hydroxylation is 1. The predicted molar refractivity (Wildman–Crippen MR) is 97.8 cm³/mol. The van der Waals surface area contributed by atoms with Crippen LogP contribution in [0.1, 0.15) is 64.1 Å². The molecular weight excluding hydrogens is 316 g/mol. The third-order valence-electron chi connectivity index (χ3n) is 5.06. The summed E-state index contributed by atoms with van der Waals surface area (Å²) in [4.78, 5) is 12.2. The van der Waals surface area contributed by atoms with Crippen molar-refractivity contribution in [3.63, 3.8) is 0 Å². The van der Waals surface area contributed by atoms with Crippen molar-refractivity contribution in [2.45, 2.75) is 65.3 Å². The fraction of sp³-hybridized carbons (Fsp3) is 0.722. The van der Waals surface area contributed by atoms with Crippen molar-refractivity contribution in [2.24, 2.45) is 11.3 Å². The average molecular weight is 346 g/mol. The maximum absolute atomic E-state index is 12.2. The fourth-order valence-corrected chi connectivity index (χ4v) is 3.73. The highest BCUT2D eigenvalue weighted by molar-refractivity contribution is 5.74. The topological polar surface area (TPSA) is 120 Å². The summed E-state index contributed by atoms with van der Waals surface area (Å²) in [7, 11) is 0. The number of amides is 2. The van der Waals surface area contributed by atoms with E-state index < -0.39 is 0 Å². The molecule has 5 N–H and O–H groups in total. The molecule has 0 unspecified atom stereocenters. The second-order valence-corrected chi connectivity index (χ2v) is 7.94. The molecule has 7 nitrogen and oxygen atoms in total. The Morgan fingerprint density at radius 1 is 1.40 bits per heavy atom. The van der Waals surface area contributed by atoms with Crippen molar-refractivity contribution in [1.29, 1.82) is 5.26 Å². The molecule has 0 radical (unpaired) electrons. The minimum absolute atomic E-state index is 0.106. The van der Waals surface area contributed by atoms with Gasteiger partial charge in [-0.2, -0.15) is 10.4 Å². The van der Waals surface area contributed by atoms with E-state index in [1.165, 1.54) is 19.3 Å². The molecule has 1 aliphatic carbocycles. The number of aromatic nitrogens is 2. The lowest BCUT2D eigenvalue weighted by atomic mass is 9.69. The molecule has 25 heavy (non-hydrogen) atoms. The zero-order valence-corrected chi connectivity index (χ0v) is 15.5. The van der Waals surface area contributed by atoms with Crippen LogP contribution in [0.2, 0.25) is 0 Å². The smallest absolute Gasteiger partial charge is 0.315 e. The van der Waals surface area contributed by atoms with E-state index in [9.17, 15) is 4.79 Å². The monoisotopic (exact) mass is 346 g/mol. The van der Waals surface area contributed by atoms with Crippen molar-refractivity contribution >= 4 is 11.8 Å². The van der Waals surface area contributed by atoms with E-state index in [0.717, 1.165) is 18.5 Å². The van der Waals surface area contributed by atoms with Gasteiger partial charge in [-0.15, -0.1) is 0 Å². The lowest BCUT2D eigenvalue weighted by molar-refractivity contribution is 0.133. The molecule has 0 saturated heterocycles. The van der Waals surface area contributed by atoms with Gasteiger partial charge in [-0.25, -0.2) is 4.79 Å². The van der Waals surface area contributed by atoms with E-state index in [1.807, 2.05) is 6.07 Å². The van der Waals surface area contributed by atoms with Crippen LogP contribution < -0.4 is 16.4 Å². The summed E-state index contributed by atoms with van der Waals surface area (Å²) in [5, 5.41) is 21.7. The number of nitrogens with one attached hydrogen (secondary N) is 3. The van der Waals surface area contributed by atoms with Gasteiger partial charge < -0.3 is 16.4 Å². The van der Waals surface area contributed by atoms with Crippen LogP contribution in [0.4, 0.5) is 10.6 Å². The molecule has 1 aromatic rings. The maximum Gasteiger partial charge on any atom is 0.315 e. The van der Waals surface area contributed by atoms with Crippen LogP contribution in [-0.2, 0) is 6.42 Å². The molecule has 2 amide bonds. The second kappa shape index (κ2) is 8.24. The fourth-order valence-electron chi connectivity index (χ4n) is 3.73. The second-order valence-electron chi connectivity index (χ2n) is 7.94. The number of H-pyrrole nitrogens is 1. The van der Waals surface area contributed by atoms with Crippen LogP contribution in [0.15, 0.2) is 0 Å². The van der Waals surface area contributed by atoms with Gasteiger partial charge in [0.05, 0.1) is 5.69 Å². The SMILES string of the molecule is CC(C)(C)[C@H]1CCCC[C@H]1NC(=O)NCCCc1[nH]nc(N)c1C#N. The van der Waals surface area contributed by atoms with E-state index in [0.29, 0.717) is 24.4 Å². The molecule has 1 saturated carbocycles. The third-order valence-corrected chi connectivity index (χ3v) is 5.06. The molecule has 2 atom stereocenters. The van der Waals surface area contributed by atoms with Crippen LogP contribution in [0.5, 0.6) is 0 Å². The molecule has 1 heterocycles. The van der Waals surface area contributed by atoms with Gasteiger partial charge in [-0.1, -0.05) is 33.6 Å². The van der Waals surface area contributed by atoms with E-state index in [2.05, 4.69) is 41.6 Å². The lowest BCUT2D eigenvalue weighted by Crippen LogP contribution is -2.50. The molecule has 2 rings (SSSR count). The van der Waals surface area contributed by atoms with Gasteiger partial charge >= 0.3 is 6.03 Å². The number of anilines is 1. The minimum atomic E-state index is -0.106. The number of hydrogen-bond acceptors (Lipinski definition) is 4. The number of nitrogen functional groups attached to an aromatic ring is 1. The Labute approximate surface area is 149 Å². The number of nitrogens with two attached hydrogens (primary N) is 1. The van der Waals surface area contributed by atoms with Gasteiger partial charge in [-0.3, -0.25) is 5.10 Å². The lowest BCUT2D eigenvalue weighted by Gasteiger charge is -2.40. The van der Waals surface area contributed by atoms with Gasteiger partial charge in [0.25, 0.3) is 0 Å². The largest absolute Gasteiger partial charge is 0.381 e. The zero-order chi connectivity index (χ0) is 18.4. The molecular formula is C18H30N6O. The molecule has 1 aromatic heterocycles. The van der Waals surface area contributed by atoms with E-state index in [1.54, 1.807) is 0 Å². The molecule has 7 heteroatoms. The Bertz CT molecular complexity index is 624. The highest BCUT2D eigenvalue weighted by Gasteiger charge is 2.34. The first-order chi connectivity index (χ1) is 11.8. The molecule has 0 aliphatic heterocycles. The number of carbonyl (C=O) groups excluding carboxylic acids is 1. The van der Waals surface area contributed by atoms with Crippen molar-refractivity contribution in [3.05, 3.63) is 11.3 Å². The molecule has 0 aromatic carbocycles. The summed E-state index contributed by atoms with van der Waals surface area (Å²) in [6.07, 6.45) is 5.99. The summed E-state index contributed by atoms with van der Waals surface area (Å²) in [6, 6.07) is 2.18. The normalized spacial score (nSPS) is 20.7. The number of aromatic amines is 1. The Morgan fingerprint density at radius 3 is 2.80 bits per heavy atom. The highest BCUT2D eigenvalue weighted by Crippen LogP contribution is 2.37. The van der Waals surface area contributed by atoms with Crippen LogP contribution in [0.3, 0.4) is 0 Å². The summed E-state index contributed by atoms with van der Waals surface area (Å²) in [6.45, 7) is 7.29. The predicted octanol–water partition coefficient (Wildman–Crippen LogP) is 2.70.